The van der Waals surface area contributed by atoms with Crippen LogP contribution < -0.4 is 0 Å². The second kappa shape index (κ2) is 5.01. The van der Waals surface area contributed by atoms with Crippen molar-refractivity contribution in [1.29, 1.82) is 0 Å². The lowest BCUT2D eigenvalue weighted by atomic mass is 10.1. The quantitative estimate of drug-likeness (QED) is 0.765. The number of hydrogen-bond donors (Lipinski definition) is 1. The Morgan fingerprint density at radius 2 is 2.06 bits per heavy atom. The summed E-state index contributed by atoms with van der Waals surface area (Å²) < 4.78 is 10.5. The third kappa shape index (κ3) is 3.35. The normalized spacial score (nSPS) is 25.9. The first-order valence-corrected chi connectivity index (χ1v) is 5.49. The first kappa shape index (κ1) is 13.3. The molecule has 5 nitrogen and oxygen atoms in total. The molecular weight excluding hydrogens is 210 g/mol. The number of methoxy groups -OCH3 is 1. The largest absolute Gasteiger partial charge is 0.444 e. The van der Waals surface area contributed by atoms with Crippen molar-refractivity contribution in [2.75, 3.05) is 26.8 Å². The van der Waals surface area contributed by atoms with Crippen LogP contribution in [0.1, 0.15) is 20.8 Å². The minimum atomic E-state index is -0.489. The highest BCUT2D eigenvalue weighted by atomic mass is 16.6. The molecule has 16 heavy (non-hydrogen) atoms. The molecule has 1 rings (SSSR count). The van der Waals surface area contributed by atoms with Crippen molar-refractivity contribution >= 4 is 6.09 Å². The third-order valence-corrected chi connectivity index (χ3v) is 2.57. The van der Waals surface area contributed by atoms with Gasteiger partial charge in [-0.2, -0.15) is 0 Å². The van der Waals surface area contributed by atoms with Crippen LogP contribution >= 0.6 is 0 Å². The highest BCUT2D eigenvalue weighted by Gasteiger charge is 2.36. The minimum absolute atomic E-state index is 0.0162. The summed E-state index contributed by atoms with van der Waals surface area (Å²) in [5, 5.41) is 9.14. The van der Waals surface area contributed by atoms with Crippen molar-refractivity contribution < 1.29 is 19.4 Å². The maximum atomic E-state index is 11.8. The van der Waals surface area contributed by atoms with Gasteiger partial charge >= 0.3 is 6.09 Å². The lowest BCUT2D eigenvalue weighted by Crippen LogP contribution is -2.36. The zero-order chi connectivity index (χ0) is 12.3. The number of aliphatic hydroxyl groups excluding tert-OH is 1. The van der Waals surface area contributed by atoms with Crippen LogP contribution in [-0.2, 0) is 9.47 Å². The summed E-state index contributed by atoms with van der Waals surface area (Å²) in [5.41, 5.74) is -0.489. The molecular formula is C11H21NO4. The number of carbonyl (C=O) groups excluding carboxylic acids is 1. The van der Waals surface area contributed by atoms with Crippen molar-refractivity contribution in [2.45, 2.75) is 32.5 Å². The van der Waals surface area contributed by atoms with Gasteiger partial charge in [-0.05, 0) is 20.8 Å². The van der Waals surface area contributed by atoms with Gasteiger partial charge in [0.15, 0.2) is 0 Å². The van der Waals surface area contributed by atoms with Crippen LogP contribution in [0.4, 0.5) is 4.79 Å². The monoisotopic (exact) mass is 231 g/mol. The molecule has 0 spiro atoms. The molecule has 1 heterocycles. The Morgan fingerprint density at radius 1 is 1.44 bits per heavy atom. The summed E-state index contributed by atoms with van der Waals surface area (Å²) >= 11 is 0. The van der Waals surface area contributed by atoms with Crippen molar-refractivity contribution in [3.63, 3.8) is 0 Å². The molecule has 0 aromatic heterocycles. The number of aliphatic hydroxyl groups is 1. The lowest BCUT2D eigenvalue weighted by molar-refractivity contribution is 0.0249. The molecule has 1 saturated heterocycles. The fourth-order valence-electron chi connectivity index (χ4n) is 1.76. The van der Waals surface area contributed by atoms with Gasteiger partial charge in [0.25, 0.3) is 0 Å². The first-order chi connectivity index (χ1) is 7.37. The molecule has 1 aliphatic heterocycles. The van der Waals surface area contributed by atoms with Crippen molar-refractivity contribution in [2.24, 2.45) is 5.92 Å². The van der Waals surface area contributed by atoms with Crippen LogP contribution in [-0.4, -0.2) is 54.6 Å². The Morgan fingerprint density at radius 3 is 2.44 bits per heavy atom. The smallest absolute Gasteiger partial charge is 0.410 e. The van der Waals surface area contributed by atoms with Crippen LogP contribution in [0, 0.1) is 5.92 Å². The molecule has 2 atom stereocenters. The fourth-order valence-corrected chi connectivity index (χ4v) is 1.76. The van der Waals surface area contributed by atoms with E-state index in [0.29, 0.717) is 13.1 Å². The molecule has 0 radical (unpaired) electrons. The topological polar surface area (TPSA) is 59.0 Å². The van der Waals surface area contributed by atoms with E-state index in [1.54, 1.807) is 12.0 Å². The van der Waals surface area contributed by atoms with E-state index in [1.165, 1.54) is 0 Å². The summed E-state index contributed by atoms with van der Waals surface area (Å²) in [5.74, 6) is -0.0162. The Hall–Kier alpha value is -0.810. The third-order valence-electron chi connectivity index (χ3n) is 2.57. The van der Waals surface area contributed by atoms with Crippen LogP contribution in [0.25, 0.3) is 0 Å². The molecule has 94 valence electrons. The zero-order valence-corrected chi connectivity index (χ0v) is 10.4. The van der Waals surface area contributed by atoms with Crippen LogP contribution in [0.5, 0.6) is 0 Å². The SMILES string of the molecule is CO[C@@H]1CN(C(=O)OC(C)(C)C)C[C@H]1CO. The molecule has 1 N–H and O–H groups in total. The molecule has 1 fully saturated rings. The standard InChI is InChI=1S/C11H21NO4/c1-11(2,3)16-10(14)12-5-8(7-13)9(6-12)15-4/h8-9,13H,5-7H2,1-4H3/t8-,9+/m0/s1. The summed E-state index contributed by atoms with van der Waals surface area (Å²) in [7, 11) is 1.59. The molecule has 0 aromatic rings. The fraction of sp³-hybridized carbons (Fsp3) is 0.909. The predicted octanol–water partition coefficient (Wildman–Crippen LogP) is 0.861. The van der Waals surface area contributed by atoms with E-state index in [0.717, 1.165) is 0 Å². The minimum Gasteiger partial charge on any atom is -0.444 e. The number of carbonyl (C=O) groups is 1. The molecule has 1 amide bonds. The number of hydrogen-bond acceptors (Lipinski definition) is 4. The van der Waals surface area contributed by atoms with Gasteiger partial charge in [0, 0.05) is 19.6 Å². The molecule has 0 saturated carbocycles. The van der Waals surface area contributed by atoms with Gasteiger partial charge < -0.3 is 19.5 Å². The van der Waals surface area contributed by atoms with Crippen LogP contribution in [0.2, 0.25) is 0 Å². The highest BCUT2D eigenvalue weighted by molar-refractivity contribution is 5.68. The van der Waals surface area contributed by atoms with E-state index in [9.17, 15) is 4.79 Å². The molecule has 1 aliphatic rings. The van der Waals surface area contributed by atoms with E-state index in [1.807, 2.05) is 20.8 Å². The Bertz CT molecular complexity index is 237. The van der Waals surface area contributed by atoms with Gasteiger partial charge in [0.1, 0.15) is 5.60 Å². The van der Waals surface area contributed by atoms with E-state index in [4.69, 9.17) is 14.6 Å². The summed E-state index contributed by atoms with van der Waals surface area (Å²) in [6.45, 7) is 6.49. The zero-order valence-electron chi connectivity index (χ0n) is 10.4. The molecule has 5 heteroatoms. The van der Waals surface area contributed by atoms with E-state index >= 15 is 0 Å². The van der Waals surface area contributed by atoms with E-state index in [-0.39, 0.29) is 24.7 Å². The number of likely N-dealkylation sites (tertiary alicyclic amines) is 1. The maximum Gasteiger partial charge on any atom is 0.410 e. The van der Waals surface area contributed by atoms with Crippen molar-refractivity contribution in [3.05, 3.63) is 0 Å². The average molecular weight is 231 g/mol. The summed E-state index contributed by atoms with van der Waals surface area (Å²) in [6.07, 6.45) is -0.442. The Labute approximate surface area is 96.3 Å². The van der Waals surface area contributed by atoms with E-state index < -0.39 is 5.60 Å². The van der Waals surface area contributed by atoms with Gasteiger partial charge in [-0.1, -0.05) is 0 Å². The summed E-state index contributed by atoms with van der Waals surface area (Å²) in [6, 6.07) is 0. The number of ether oxygens (including phenoxy) is 2. The van der Waals surface area contributed by atoms with Gasteiger partial charge in [-0.15, -0.1) is 0 Å². The molecule has 0 unspecified atom stereocenters. The van der Waals surface area contributed by atoms with Crippen molar-refractivity contribution in [1.82, 2.24) is 4.90 Å². The molecule has 0 aliphatic carbocycles. The number of nitrogens with zero attached hydrogens (tertiary/aromatic N) is 1. The predicted molar refractivity (Wildman–Crippen MR) is 59.2 cm³/mol. The van der Waals surface area contributed by atoms with Crippen LogP contribution in [0.3, 0.4) is 0 Å². The second-order valence-corrected chi connectivity index (χ2v) is 5.10. The average Bonchev–Trinajstić information content (AvgIpc) is 2.57. The second-order valence-electron chi connectivity index (χ2n) is 5.10. The first-order valence-electron chi connectivity index (χ1n) is 5.49. The van der Waals surface area contributed by atoms with Crippen molar-refractivity contribution in [3.8, 4) is 0 Å². The number of rotatable bonds is 2. The van der Waals surface area contributed by atoms with Gasteiger partial charge in [-0.25, -0.2) is 4.79 Å². The van der Waals surface area contributed by atoms with Gasteiger partial charge in [0.2, 0.25) is 0 Å². The maximum absolute atomic E-state index is 11.8. The highest BCUT2D eigenvalue weighted by Crippen LogP contribution is 2.21. The number of amides is 1. The Balaban J connectivity index is 2.54. The lowest BCUT2D eigenvalue weighted by Gasteiger charge is -2.24. The van der Waals surface area contributed by atoms with Crippen LogP contribution in [0.15, 0.2) is 0 Å². The van der Waals surface area contributed by atoms with E-state index in [2.05, 4.69) is 0 Å². The van der Waals surface area contributed by atoms with Gasteiger partial charge in [0.05, 0.1) is 19.3 Å². The molecule has 0 bridgehead atoms. The summed E-state index contributed by atoms with van der Waals surface area (Å²) in [4.78, 5) is 13.3. The molecule has 0 aromatic carbocycles. The Kier molecular flexibility index (Phi) is 4.15. The van der Waals surface area contributed by atoms with Gasteiger partial charge in [-0.3, -0.25) is 0 Å².